The summed E-state index contributed by atoms with van der Waals surface area (Å²) in [5.74, 6) is -0.540. The molecule has 1 spiro atoms. The molecule has 0 aromatic rings. The molecule has 20 heavy (non-hydrogen) atoms. The molecule has 114 valence electrons. The summed E-state index contributed by atoms with van der Waals surface area (Å²) in [7, 11) is 1.34. The van der Waals surface area contributed by atoms with Crippen LogP contribution < -0.4 is 0 Å². The number of hydrogen-bond acceptors (Lipinski definition) is 4. The standard InChI is InChI=1S/C16H26O4/c1-10(2)5-6-12-15(3,20-12)14-13(18-4)11(17)7-8-16(14)9-19-16/h5,11-14,17H,6-9H2,1-4H3/t11-,12-,13-,14-,15+,16+/m1/s1/i7D2,13D. The van der Waals surface area contributed by atoms with Gasteiger partial charge in [0.05, 0.1) is 37.8 Å². The van der Waals surface area contributed by atoms with Gasteiger partial charge in [-0.2, -0.15) is 0 Å². The molecule has 3 fully saturated rings. The van der Waals surface area contributed by atoms with Crippen LogP contribution in [0.3, 0.4) is 0 Å². The molecular weight excluding hydrogens is 256 g/mol. The van der Waals surface area contributed by atoms with Crippen LogP contribution in [0.1, 0.15) is 44.1 Å². The maximum absolute atomic E-state index is 10.5. The van der Waals surface area contributed by atoms with E-state index in [1.807, 2.05) is 20.8 Å². The van der Waals surface area contributed by atoms with Crippen molar-refractivity contribution < 1.29 is 23.4 Å². The molecule has 4 heteroatoms. The van der Waals surface area contributed by atoms with Gasteiger partial charge in [0.15, 0.2) is 0 Å². The van der Waals surface area contributed by atoms with Gasteiger partial charge in [-0.3, -0.25) is 0 Å². The van der Waals surface area contributed by atoms with E-state index < -0.39 is 35.7 Å². The number of aliphatic hydroxyl groups is 1. The van der Waals surface area contributed by atoms with Crippen LogP contribution in [0.15, 0.2) is 11.6 Å². The third-order valence-corrected chi connectivity index (χ3v) is 4.72. The van der Waals surface area contributed by atoms with Crippen LogP contribution in [0.4, 0.5) is 0 Å². The predicted molar refractivity (Wildman–Crippen MR) is 75.5 cm³/mol. The van der Waals surface area contributed by atoms with E-state index in [1.54, 1.807) is 0 Å². The van der Waals surface area contributed by atoms with E-state index in [9.17, 15) is 5.11 Å². The van der Waals surface area contributed by atoms with Crippen LogP contribution in [-0.4, -0.2) is 48.3 Å². The number of epoxide rings is 2. The summed E-state index contributed by atoms with van der Waals surface area (Å²) in [5.41, 5.74) is -0.240. The number of methoxy groups -OCH3 is 1. The summed E-state index contributed by atoms with van der Waals surface area (Å²) in [6.07, 6.45) is -2.46. The average molecular weight is 285 g/mol. The number of ether oxygens (including phenoxy) is 3. The van der Waals surface area contributed by atoms with Crippen molar-refractivity contribution in [3.05, 3.63) is 11.6 Å². The average Bonchev–Trinajstić information content (AvgIpc) is 3.33. The first-order valence-corrected chi connectivity index (χ1v) is 7.20. The summed E-state index contributed by atoms with van der Waals surface area (Å²) >= 11 is 0. The van der Waals surface area contributed by atoms with Gasteiger partial charge in [0, 0.05) is 9.85 Å². The van der Waals surface area contributed by atoms with E-state index in [4.69, 9.17) is 18.3 Å². The first kappa shape index (κ1) is 11.2. The highest BCUT2D eigenvalue weighted by atomic mass is 16.6. The molecule has 0 amide bonds. The van der Waals surface area contributed by atoms with Crippen LogP contribution in [-0.2, 0) is 14.2 Å². The minimum Gasteiger partial charge on any atom is -0.390 e. The molecule has 0 aromatic heterocycles. The minimum atomic E-state index is -1.93. The highest BCUT2D eigenvalue weighted by molar-refractivity contribution is 5.20. The molecule has 1 saturated carbocycles. The van der Waals surface area contributed by atoms with Gasteiger partial charge >= 0.3 is 0 Å². The maximum Gasteiger partial charge on any atom is 0.101 e. The topological polar surface area (TPSA) is 54.5 Å². The Morgan fingerprint density at radius 2 is 2.30 bits per heavy atom. The second kappa shape index (κ2) is 4.80. The summed E-state index contributed by atoms with van der Waals surface area (Å²) in [4.78, 5) is 0. The molecule has 3 rings (SSSR count). The van der Waals surface area contributed by atoms with E-state index in [-0.39, 0.29) is 12.5 Å². The van der Waals surface area contributed by atoms with Gasteiger partial charge in [-0.1, -0.05) is 11.6 Å². The number of allylic oxidation sites excluding steroid dienone is 1. The van der Waals surface area contributed by atoms with Crippen LogP contribution in [0.25, 0.3) is 0 Å². The molecule has 0 bridgehead atoms. The van der Waals surface area contributed by atoms with Crippen LogP contribution >= 0.6 is 0 Å². The molecule has 0 aromatic carbocycles. The molecular formula is C16H26O4. The van der Waals surface area contributed by atoms with E-state index >= 15 is 0 Å². The minimum absolute atomic E-state index is 0.0597. The summed E-state index contributed by atoms with van der Waals surface area (Å²) in [6, 6.07) is 0. The van der Waals surface area contributed by atoms with E-state index in [2.05, 4.69) is 6.08 Å². The Balaban J connectivity index is 1.92. The highest BCUT2D eigenvalue weighted by Crippen LogP contribution is 2.59. The summed E-state index contributed by atoms with van der Waals surface area (Å²) in [6.45, 7) is 6.34. The van der Waals surface area contributed by atoms with Gasteiger partial charge in [0.2, 0.25) is 0 Å². The van der Waals surface area contributed by atoms with E-state index in [0.717, 1.165) is 6.42 Å². The fourth-order valence-corrected chi connectivity index (χ4v) is 3.44. The Morgan fingerprint density at radius 3 is 2.85 bits per heavy atom. The van der Waals surface area contributed by atoms with Crippen LogP contribution in [0.2, 0.25) is 0 Å². The van der Waals surface area contributed by atoms with Crippen molar-refractivity contribution in [1.29, 1.82) is 0 Å². The molecule has 0 radical (unpaired) electrons. The Morgan fingerprint density at radius 1 is 1.60 bits per heavy atom. The Labute approximate surface area is 125 Å². The molecule has 3 aliphatic rings. The van der Waals surface area contributed by atoms with Crippen molar-refractivity contribution >= 4 is 0 Å². The van der Waals surface area contributed by atoms with Crippen molar-refractivity contribution in [3.8, 4) is 0 Å². The lowest BCUT2D eigenvalue weighted by Crippen LogP contribution is -2.54. The smallest absolute Gasteiger partial charge is 0.101 e. The summed E-state index contributed by atoms with van der Waals surface area (Å²) < 4.78 is 41.8. The lowest BCUT2D eigenvalue weighted by Gasteiger charge is -2.41. The van der Waals surface area contributed by atoms with Gasteiger partial charge in [-0.05, 0) is 40.0 Å². The Bertz CT molecular complexity index is 529. The van der Waals surface area contributed by atoms with Crippen molar-refractivity contribution in [2.75, 3.05) is 13.7 Å². The molecule has 1 N–H and O–H groups in total. The van der Waals surface area contributed by atoms with Crippen molar-refractivity contribution in [2.45, 2.75) is 69.5 Å². The zero-order valence-electron chi connectivity index (χ0n) is 15.6. The van der Waals surface area contributed by atoms with Gasteiger partial charge in [-0.15, -0.1) is 0 Å². The van der Waals surface area contributed by atoms with Gasteiger partial charge in [0.25, 0.3) is 0 Å². The largest absolute Gasteiger partial charge is 0.390 e. The second-order valence-corrected chi connectivity index (χ2v) is 6.48. The fraction of sp³-hybridized carbons (Fsp3) is 0.875. The number of hydrogen-bond donors (Lipinski definition) is 1. The van der Waals surface area contributed by atoms with E-state index in [1.165, 1.54) is 12.7 Å². The Kier molecular flexibility index (Phi) is 2.69. The fourth-order valence-electron chi connectivity index (χ4n) is 3.44. The number of aliphatic hydroxyl groups excluding tert-OH is 1. The Hall–Kier alpha value is -0.420. The summed E-state index contributed by atoms with van der Waals surface area (Å²) in [5, 5.41) is 10.5. The lowest BCUT2D eigenvalue weighted by molar-refractivity contribution is -0.116. The third kappa shape index (κ3) is 2.23. The molecule has 6 atom stereocenters. The normalized spacial score (nSPS) is 58.5. The molecule has 1 aliphatic carbocycles. The zero-order valence-corrected chi connectivity index (χ0v) is 12.6. The first-order valence-electron chi connectivity index (χ1n) is 8.70. The molecule has 4 nitrogen and oxygen atoms in total. The lowest BCUT2D eigenvalue weighted by atomic mass is 9.68. The molecule has 2 aliphatic heterocycles. The van der Waals surface area contributed by atoms with Gasteiger partial charge in [0.1, 0.15) is 5.60 Å². The molecule has 2 heterocycles. The van der Waals surface area contributed by atoms with Gasteiger partial charge < -0.3 is 19.3 Å². The van der Waals surface area contributed by atoms with Crippen LogP contribution in [0, 0.1) is 5.92 Å². The van der Waals surface area contributed by atoms with Crippen molar-refractivity contribution in [2.24, 2.45) is 5.92 Å². The maximum atomic E-state index is 10.5. The first-order chi connectivity index (χ1) is 10.5. The zero-order chi connectivity index (χ0) is 17.3. The third-order valence-electron chi connectivity index (χ3n) is 4.72. The quantitative estimate of drug-likeness (QED) is 0.634. The SMILES string of the molecule is [2H]C1([2H])C[C@]2(CO2)[C@@H]([C@@]2(C)O[C@@H]2CC=C(C)C)[C@]([2H])(OC)[C@@H]1O. The number of rotatable bonds is 4. The van der Waals surface area contributed by atoms with Gasteiger partial charge in [-0.25, -0.2) is 0 Å². The van der Waals surface area contributed by atoms with Crippen molar-refractivity contribution in [3.63, 3.8) is 0 Å². The second-order valence-electron chi connectivity index (χ2n) is 6.48. The van der Waals surface area contributed by atoms with Crippen molar-refractivity contribution in [1.82, 2.24) is 0 Å². The molecule has 0 unspecified atom stereocenters. The predicted octanol–water partition coefficient (Wildman–Crippen LogP) is 2.06. The monoisotopic (exact) mass is 285 g/mol. The van der Waals surface area contributed by atoms with E-state index in [0.29, 0.717) is 6.61 Å². The van der Waals surface area contributed by atoms with Crippen LogP contribution in [0.5, 0.6) is 0 Å². The highest BCUT2D eigenvalue weighted by Gasteiger charge is 2.71. The molecule has 2 saturated heterocycles.